The predicted molar refractivity (Wildman–Crippen MR) is 61.9 cm³/mol. The van der Waals surface area contributed by atoms with Crippen LogP contribution in [0.4, 0.5) is 5.13 Å². The van der Waals surface area contributed by atoms with E-state index < -0.39 is 10.0 Å². The van der Waals surface area contributed by atoms with Crippen molar-refractivity contribution < 1.29 is 8.42 Å². The van der Waals surface area contributed by atoms with Gasteiger partial charge in [0.2, 0.25) is 0 Å². The lowest BCUT2D eigenvalue weighted by Crippen LogP contribution is -2.13. The summed E-state index contributed by atoms with van der Waals surface area (Å²) in [6, 6.07) is 4.48. The van der Waals surface area contributed by atoms with Gasteiger partial charge in [-0.15, -0.1) is 11.3 Å². The monoisotopic (exact) mass is 266 g/mol. The molecule has 2 rings (SSSR count). The van der Waals surface area contributed by atoms with Crippen molar-refractivity contribution in [3.05, 3.63) is 35.6 Å². The van der Waals surface area contributed by atoms with E-state index in [1.165, 1.54) is 29.7 Å². The summed E-state index contributed by atoms with van der Waals surface area (Å²) in [6.45, 7) is 0. The zero-order valence-electron chi connectivity index (χ0n) is 8.36. The molecule has 0 aliphatic carbocycles. The van der Waals surface area contributed by atoms with Gasteiger partial charge in [-0.1, -0.05) is 0 Å². The molecule has 0 radical (unpaired) electrons. The average molecular weight is 266 g/mol. The Morgan fingerprint density at radius 3 is 2.71 bits per heavy atom. The number of nitriles is 1. The zero-order chi connectivity index (χ0) is 12.3. The molecule has 0 aliphatic rings. The molecule has 0 aromatic carbocycles. The molecule has 0 unspecified atom stereocenters. The molecule has 0 bridgehead atoms. The normalized spacial score (nSPS) is 10.8. The predicted octanol–water partition coefficient (Wildman–Crippen LogP) is 1.21. The van der Waals surface area contributed by atoms with Crippen LogP contribution >= 0.6 is 11.3 Å². The van der Waals surface area contributed by atoms with Crippen molar-refractivity contribution in [1.29, 1.82) is 5.26 Å². The van der Waals surface area contributed by atoms with Crippen LogP contribution in [-0.4, -0.2) is 18.4 Å². The van der Waals surface area contributed by atoms with Gasteiger partial charge in [0, 0.05) is 17.8 Å². The summed E-state index contributed by atoms with van der Waals surface area (Å²) in [4.78, 5) is 7.50. The summed E-state index contributed by atoms with van der Waals surface area (Å²) in [6.07, 6.45) is 2.63. The first kappa shape index (κ1) is 11.5. The Balaban J connectivity index is 2.29. The molecule has 6 nitrogen and oxygen atoms in total. The summed E-state index contributed by atoms with van der Waals surface area (Å²) >= 11 is 1.18. The third-order valence-electron chi connectivity index (χ3n) is 1.82. The number of nitrogens with zero attached hydrogens (tertiary/aromatic N) is 3. The second-order valence-corrected chi connectivity index (χ2v) is 5.51. The van der Waals surface area contributed by atoms with E-state index in [1.54, 1.807) is 5.38 Å². The third kappa shape index (κ3) is 2.58. The molecule has 2 aromatic heterocycles. The number of hydrogen-bond acceptors (Lipinski definition) is 6. The summed E-state index contributed by atoms with van der Waals surface area (Å²) in [5, 5.41) is 10.5. The molecule has 2 heterocycles. The quantitative estimate of drug-likeness (QED) is 0.900. The minimum Gasteiger partial charge on any atom is -0.255 e. The van der Waals surface area contributed by atoms with E-state index in [2.05, 4.69) is 14.7 Å². The molecule has 0 saturated heterocycles. The van der Waals surface area contributed by atoms with E-state index >= 15 is 0 Å². The topological polar surface area (TPSA) is 95.7 Å². The molecule has 0 aliphatic heterocycles. The number of sulfonamides is 1. The lowest BCUT2D eigenvalue weighted by Gasteiger charge is -2.03. The van der Waals surface area contributed by atoms with Crippen LogP contribution in [0.3, 0.4) is 0 Å². The molecule has 0 atom stereocenters. The summed E-state index contributed by atoms with van der Waals surface area (Å²) in [5.74, 6) is 0. The van der Waals surface area contributed by atoms with Gasteiger partial charge >= 0.3 is 0 Å². The highest BCUT2D eigenvalue weighted by atomic mass is 32.2. The first-order valence-electron chi connectivity index (χ1n) is 4.40. The van der Waals surface area contributed by atoms with Crippen LogP contribution in [0.25, 0.3) is 0 Å². The molecule has 0 fully saturated rings. The zero-order valence-corrected chi connectivity index (χ0v) is 9.99. The van der Waals surface area contributed by atoms with Gasteiger partial charge in [-0.2, -0.15) is 5.26 Å². The Morgan fingerprint density at radius 2 is 2.18 bits per heavy atom. The van der Waals surface area contributed by atoms with Gasteiger partial charge in [0.15, 0.2) is 5.13 Å². The first-order chi connectivity index (χ1) is 8.12. The van der Waals surface area contributed by atoms with E-state index in [0.29, 0.717) is 0 Å². The number of hydrogen-bond donors (Lipinski definition) is 1. The summed E-state index contributed by atoms with van der Waals surface area (Å²) in [5.41, 5.74) is 0.165. The second kappa shape index (κ2) is 4.48. The van der Waals surface area contributed by atoms with Crippen LogP contribution in [0.1, 0.15) is 5.69 Å². The Labute approximate surface area is 102 Å². The number of anilines is 1. The molecule has 1 N–H and O–H groups in total. The van der Waals surface area contributed by atoms with Crippen LogP contribution in [0.5, 0.6) is 0 Å². The fourth-order valence-electron chi connectivity index (χ4n) is 1.05. The Kier molecular flexibility index (Phi) is 3.03. The molecular formula is C9H6N4O2S2. The van der Waals surface area contributed by atoms with E-state index in [9.17, 15) is 8.42 Å². The van der Waals surface area contributed by atoms with Crippen molar-refractivity contribution in [2.75, 3.05) is 4.72 Å². The van der Waals surface area contributed by atoms with Crippen LogP contribution in [0.2, 0.25) is 0 Å². The molecule has 0 spiro atoms. The van der Waals surface area contributed by atoms with Gasteiger partial charge in [-0.25, -0.2) is 18.4 Å². The van der Waals surface area contributed by atoms with Crippen LogP contribution < -0.4 is 4.72 Å². The van der Waals surface area contributed by atoms with Gasteiger partial charge in [-0.3, -0.25) is 4.72 Å². The highest BCUT2D eigenvalue weighted by molar-refractivity contribution is 7.93. The lowest BCUT2D eigenvalue weighted by molar-refractivity contribution is 0.600. The van der Waals surface area contributed by atoms with Crippen LogP contribution in [0.15, 0.2) is 34.8 Å². The largest absolute Gasteiger partial charge is 0.265 e. The summed E-state index contributed by atoms with van der Waals surface area (Å²) < 4.78 is 26.0. The first-order valence-corrected chi connectivity index (χ1v) is 6.76. The molecular weight excluding hydrogens is 260 g/mol. The van der Waals surface area contributed by atoms with E-state index in [4.69, 9.17) is 5.26 Å². The maximum Gasteiger partial charge on any atom is 0.265 e. The van der Waals surface area contributed by atoms with E-state index in [-0.39, 0.29) is 15.7 Å². The fourth-order valence-corrected chi connectivity index (χ4v) is 2.79. The van der Waals surface area contributed by atoms with Crippen molar-refractivity contribution in [2.45, 2.75) is 4.90 Å². The van der Waals surface area contributed by atoms with Gasteiger partial charge in [0.25, 0.3) is 10.0 Å². The van der Waals surface area contributed by atoms with Crippen molar-refractivity contribution in [3.63, 3.8) is 0 Å². The SMILES string of the molecule is N#Cc1ccc(S(=O)(=O)Nc2nccs2)cn1. The number of pyridine rings is 1. The summed E-state index contributed by atoms with van der Waals surface area (Å²) in [7, 11) is -3.68. The fraction of sp³-hybridized carbons (Fsp3) is 0. The third-order valence-corrected chi connectivity index (χ3v) is 3.96. The number of nitrogens with one attached hydrogen (secondary N) is 1. The molecule has 2 aromatic rings. The number of thiazole rings is 1. The highest BCUT2D eigenvalue weighted by Gasteiger charge is 2.15. The Hall–Kier alpha value is -1.98. The maximum absolute atomic E-state index is 11.8. The van der Waals surface area contributed by atoms with E-state index in [0.717, 1.165) is 6.20 Å². The standard InChI is InChI=1S/C9H6N4O2S2/c10-5-7-1-2-8(6-12-7)17(14,15)13-9-11-3-4-16-9/h1-4,6H,(H,11,13). The van der Waals surface area contributed by atoms with Gasteiger partial charge in [0.1, 0.15) is 16.7 Å². The van der Waals surface area contributed by atoms with Gasteiger partial charge in [0.05, 0.1) is 0 Å². The van der Waals surface area contributed by atoms with Crippen molar-refractivity contribution in [1.82, 2.24) is 9.97 Å². The smallest absolute Gasteiger partial charge is 0.255 e. The van der Waals surface area contributed by atoms with Crippen LogP contribution in [-0.2, 0) is 10.0 Å². The molecule has 0 saturated carbocycles. The van der Waals surface area contributed by atoms with Crippen molar-refractivity contribution in [3.8, 4) is 6.07 Å². The Morgan fingerprint density at radius 1 is 1.35 bits per heavy atom. The number of aromatic nitrogens is 2. The van der Waals surface area contributed by atoms with Crippen molar-refractivity contribution in [2.24, 2.45) is 0 Å². The van der Waals surface area contributed by atoms with Gasteiger partial charge in [-0.05, 0) is 12.1 Å². The minimum atomic E-state index is -3.68. The maximum atomic E-state index is 11.8. The van der Waals surface area contributed by atoms with Crippen LogP contribution in [0, 0.1) is 11.3 Å². The molecule has 86 valence electrons. The number of rotatable bonds is 3. The highest BCUT2D eigenvalue weighted by Crippen LogP contribution is 2.17. The minimum absolute atomic E-state index is 0.00769. The molecule has 8 heteroatoms. The van der Waals surface area contributed by atoms with Crippen molar-refractivity contribution >= 4 is 26.5 Å². The lowest BCUT2D eigenvalue weighted by atomic mass is 10.4. The van der Waals surface area contributed by atoms with E-state index in [1.807, 2.05) is 6.07 Å². The second-order valence-electron chi connectivity index (χ2n) is 2.93. The van der Waals surface area contributed by atoms with Gasteiger partial charge < -0.3 is 0 Å². The molecule has 0 amide bonds. The average Bonchev–Trinajstić information content (AvgIpc) is 2.81. The Bertz CT molecular complexity index is 641. The molecule has 17 heavy (non-hydrogen) atoms.